The molecule has 1 heterocycles. The lowest BCUT2D eigenvalue weighted by Gasteiger charge is -2.30. The van der Waals surface area contributed by atoms with E-state index in [4.69, 9.17) is 0 Å². The lowest BCUT2D eigenvalue weighted by Crippen LogP contribution is -2.46. The van der Waals surface area contributed by atoms with E-state index >= 15 is 0 Å². The average molecular weight is 373 g/mol. The number of sulfonamides is 2. The zero-order valence-electron chi connectivity index (χ0n) is 13.9. The Balaban J connectivity index is 1.69. The van der Waals surface area contributed by atoms with E-state index in [1.165, 1.54) is 16.1 Å². The largest absolute Gasteiger partial charge is 0.240 e. The van der Waals surface area contributed by atoms with E-state index in [0.29, 0.717) is 30.8 Å². The van der Waals surface area contributed by atoms with E-state index in [9.17, 15) is 16.8 Å². The quantitative estimate of drug-likeness (QED) is 0.863. The third kappa shape index (κ3) is 3.99. The number of aryl methyl sites for hydroxylation is 2. The van der Waals surface area contributed by atoms with Crippen LogP contribution in [0.3, 0.4) is 0 Å². The summed E-state index contributed by atoms with van der Waals surface area (Å²) in [6.07, 6.45) is 6.40. The summed E-state index contributed by atoms with van der Waals surface area (Å²) in [5, 5.41) is 0. The maximum absolute atomic E-state index is 12.6. The molecule has 1 aromatic rings. The molecule has 1 N–H and O–H groups in total. The molecule has 1 fully saturated rings. The summed E-state index contributed by atoms with van der Waals surface area (Å²) in [5.74, 6) is 0. The van der Waals surface area contributed by atoms with Crippen LogP contribution in [0.25, 0.3) is 0 Å². The first-order valence-electron chi connectivity index (χ1n) is 8.35. The van der Waals surface area contributed by atoms with Crippen molar-refractivity contribution in [2.24, 2.45) is 0 Å². The first-order valence-corrected chi connectivity index (χ1v) is 11.7. The van der Waals surface area contributed by atoms with Crippen LogP contribution in [0.15, 0.2) is 23.1 Å². The van der Waals surface area contributed by atoms with Crippen molar-refractivity contribution in [1.29, 1.82) is 0 Å². The van der Waals surface area contributed by atoms with Crippen LogP contribution in [-0.2, 0) is 32.9 Å². The molecule has 0 bridgehead atoms. The van der Waals surface area contributed by atoms with Gasteiger partial charge >= 0.3 is 0 Å². The summed E-state index contributed by atoms with van der Waals surface area (Å²) in [6, 6.07) is 5.18. The van der Waals surface area contributed by atoms with Crippen molar-refractivity contribution < 1.29 is 16.8 Å². The molecule has 6 nitrogen and oxygen atoms in total. The summed E-state index contributed by atoms with van der Waals surface area (Å²) in [6.45, 7) is 0.715. The molecule has 134 valence electrons. The highest BCUT2D eigenvalue weighted by atomic mass is 32.2. The third-order valence-corrected chi connectivity index (χ3v) is 7.70. The van der Waals surface area contributed by atoms with Crippen LogP contribution in [0, 0.1) is 0 Å². The number of hydrogen-bond acceptors (Lipinski definition) is 4. The van der Waals surface area contributed by atoms with Crippen LogP contribution in [-0.4, -0.2) is 46.5 Å². The fraction of sp³-hybridized carbons (Fsp3) is 0.625. The Morgan fingerprint density at radius 3 is 2.25 bits per heavy atom. The zero-order chi connectivity index (χ0) is 17.4. The lowest BCUT2D eigenvalue weighted by molar-refractivity contribution is 0.310. The van der Waals surface area contributed by atoms with Crippen LogP contribution in [0.2, 0.25) is 0 Å². The number of rotatable bonds is 4. The Hall–Kier alpha value is -0.960. The minimum Gasteiger partial charge on any atom is -0.213 e. The molecule has 3 rings (SSSR count). The molecule has 0 radical (unpaired) electrons. The molecule has 2 aliphatic rings. The summed E-state index contributed by atoms with van der Waals surface area (Å²) in [7, 11) is -6.76. The standard InChI is InChI=1S/C16H24N2O4S2/c1-23(19,20)18-10-8-15(9-11-18)17-24(21,22)16-7-6-13-4-2-3-5-14(13)12-16/h6-7,12,15,17H,2-5,8-11H2,1H3. The third-order valence-electron chi connectivity index (χ3n) is 4.88. The number of piperidine rings is 1. The van der Waals surface area contributed by atoms with Crippen LogP contribution < -0.4 is 4.72 Å². The summed E-state index contributed by atoms with van der Waals surface area (Å²) in [5.41, 5.74) is 2.39. The minimum absolute atomic E-state index is 0.218. The van der Waals surface area contributed by atoms with Crippen LogP contribution in [0.4, 0.5) is 0 Å². The van der Waals surface area contributed by atoms with Crippen molar-refractivity contribution in [3.05, 3.63) is 29.3 Å². The molecule has 0 spiro atoms. The molecule has 1 aromatic carbocycles. The second kappa shape index (κ2) is 6.74. The van der Waals surface area contributed by atoms with E-state index < -0.39 is 20.0 Å². The number of nitrogens with one attached hydrogen (secondary N) is 1. The van der Waals surface area contributed by atoms with Crippen LogP contribution in [0.1, 0.15) is 36.8 Å². The summed E-state index contributed by atoms with van der Waals surface area (Å²) in [4.78, 5) is 0.314. The van der Waals surface area contributed by atoms with Crippen molar-refractivity contribution in [2.45, 2.75) is 49.5 Å². The second-order valence-electron chi connectivity index (χ2n) is 6.70. The highest BCUT2D eigenvalue weighted by molar-refractivity contribution is 7.89. The summed E-state index contributed by atoms with van der Waals surface area (Å²) < 4.78 is 52.4. The Bertz CT molecular complexity index is 810. The van der Waals surface area contributed by atoms with Crippen molar-refractivity contribution in [2.75, 3.05) is 19.3 Å². The molecule has 1 aliphatic heterocycles. The maximum Gasteiger partial charge on any atom is 0.240 e. The van der Waals surface area contributed by atoms with E-state index in [1.807, 2.05) is 6.07 Å². The van der Waals surface area contributed by atoms with Crippen molar-refractivity contribution in [3.63, 3.8) is 0 Å². The van der Waals surface area contributed by atoms with Gasteiger partial charge in [0, 0.05) is 19.1 Å². The van der Waals surface area contributed by atoms with Crippen molar-refractivity contribution >= 4 is 20.0 Å². The highest BCUT2D eigenvalue weighted by Crippen LogP contribution is 2.24. The number of fused-ring (bicyclic) bond motifs is 1. The van der Waals surface area contributed by atoms with Gasteiger partial charge in [0.15, 0.2) is 0 Å². The van der Waals surface area contributed by atoms with Gasteiger partial charge in [-0.3, -0.25) is 0 Å². The normalized spacial score (nSPS) is 20.7. The monoisotopic (exact) mass is 372 g/mol. The van der Waals surface area contributed by atoms with Gasteiger partial charge in [-0.05, 0) is 61.8 Å². The molecule has 0 atom stereocenters. The Labute approximate surface area is 144 Å². The molecule has 1 aliphatic carbocycles. The summed E-state index contributed by atoms with van der Waals surface area (Å²) >= 11 is 0. The number of benzene rings is 1. The van der Waals surface area contributed by atoms with Gasteiger partial charge in [-0.2, -0.15) is 0 Å². The fourth-order valence-electron chi connectivity index (χ4n) is 3.47. The second-order valence-corrected chi connectivity index (χ2v) is 10.4. The van der Waals surface area contributed by atoms with Crippen molar-refractivity contribution in [3.8, 4) is 0 Å². The topological polar surface area (TPSA) is 83.6 Å². The van der Waals surface area contributed by atoms with Gasteiger partial charge in [0.2, 0.25) is 20.0 Å². The first-order chi connectivity index (χ1) is 11.3. The maximum atomic E-state index is 12.6. The van der Waals surface area contributed by atoms with E-state index in [1.54, 1.807) is 12.1 Å². The van der Waals surface area contributed by atoms with Gasteiger partial charge in [-0.1, -0.05) is 6.07 Å². The molecular formula is C16H24N2O4S2. The van der Waals surface area contributed by atoms with E-state index in [-0.39, 0.29) is 6.04 Å². The fourth-order valence-corrected chi connectivity index (χ4v) is 5.70. The number of hydrogen-bond donors (Lipinski definition) is 1. The average Bonchev–Trinajstić information content (AvgIpc) is 2.53. The van der Waals surface area contributed by atoms with E-state index in [0.717, 1.165) is 31.2 Å². The molecular weight excluding hydrogens is 348 g/mol. The van der Waals surface area contributed by atoms with Crippen LogP contribution in [0.5, 0.6) is 0 Å². The van der Waals surface area contributed by atoms with Gasteiger partial charge in [0.05, 0.1) is 11.2 Å². The van der Waals surface area contributed by atoms with Crippen LogP contribution >= 0.6 is 0 Å². The SMILES string of the molecule is CS(=O)(=O)N1CCC(NS(=O)(=O)c2ccc3c(c2)CCCC3)CC1. The predicted octanol–water partition coefficient (Wildman–Crippen LogP) is 1.27. The molecule has 24 heavy (non-hydrogen) atoms. The van der Waals surface area contributed by atoms with Gasteiger partial charge < -0.3 is 0 Å². The molecule has 0 amide bonds. The van der Waals surface area contributed by atoms with Gasteiger partial charge in [-0.15, -0.1) is 0 Å². The lowest BCUT2D eigenvalue weighted by atomic mass is 9.92. The Morgan fingerprint density at radius 2 is 1.62 bits per heavy atom. The highest BCUT2D eigenvalue weighted by Gasteiger charge is 2.28. The first kappa shape index (κ1) is 17.8. The van der Waals surface area contributed by atoms with Crippen molar-refractivity contribution in [1.82, 2.24) is 9.03 Å². The van der Waals surface area contributed by atoms with Gasteiger partial charge in [-0.25, -0.2) is 25.9 Å². The van der Waals surface area contributed by atoms with Gasteiger partial charge in [0.1, 0.15) is 0 Å². The number of nitrogens with zero attached hydrogens (tertiary/aromatic N) is 1. The Morgan fingerprint density at radius 1 is 1.00 bits per heavy atom. The minimum atomic E-state index is -3.56. The van der Waals surface area contributed by atoms with E-state index in [2.05, 4.69) is 4.72 Å². The Kier molecular flexibility index (Phi) is 5.01. The zero-order valence-corrected chi connectivity index (χ0v) is 15.5. The molecule has 0 saturated carbocycles. The molecule has 0 unspecified atom stereocenters. The van der Waals surface area contributed by atoms with Gasteiger partial charge in [0.25, 0.3) is 0 Å². The molecule has 8 heteroatoms. The predicted molar refractivity (Wildman–Crippen MR) is 92.8 cm³/mol. The smallest absolute Gasteiger partial charge is 0.213 e. The molecule has 0 aromatic heterocycles. The molecule has 1 saturated heterocycles.